The second kappa shape index (κ2) is 5.71. The Bertz CT molecular complexity index is 310. The van der Waals surface area contributed by atoms with Crippen LogP contribution in [0.4, 0.5) is 5.82 Å². The van der Waals surface area contributed by atoms with E-state index >= 15 is 0 Å². The molecule has 0 aliphatic carbocycles. The number of anilines is 1. The van der Waals surface area contributed by atoms with Crippen molar-refractivity contribution in [2.24, 2.45) is 5.73 Å². The third kappa shape index (κ3) is 3.20. The third-order valence-corrected chi connectivity index (χ3v) is 2.51. The molecule has 1 atom stereocenters. The van der Waals surface area contributed by atoms with Crippen LogP contribution in [0, 0.1) is 6.92 Å². The molecule has 3 nitrogen and oxygen atoms in total. The van der Waals surface area contributed by atoms with Crippen LogP contribution in [-0.4, -0.2) is 11.5 Å². The molecule has 0 aliphatic rings. The van der Waals surface area contributed by atoms with E-state index in [1.54, 1.807) is 0 Å². The first-order valence-corrected chi connectivity index (χ1v) is 5.65. The van der Waals surface area contributed by atoms with E-state index < -0.39 is 0 Å². The molecule has 1 heterocycles. The number of pyridine rings is 1. The van der Waals surface area contributed by atoms with Gasteiger partial charge < -0.3 is 11.1 Å². The molecule has 0 fully saturated rings. The van der Waals surface area contributed by atoms with Gasteiger partial charge >= 0.3 is 0 Å². The van der Waals surface area contributed by atoms with Crippen LogP contribution < -0.4 is 11.1 Å². The first-order chi connectivity index (χ1) is 7.19. The summed E-state index contributed by atoms with van der Waals surface area (Å²) in [5, 5.41) is 3.29. The molecule has 1 aromatic heterocycles. The van der Waals surface area contributed by atoms with Gasteiger partial charge in [-0.1, -0.05) is 13.8 Å². The molecule has 0 saturated heterocycles. The standard InChI is InChI=1S/C12H21N3/c1-4-6-14-12-9(3)7-10(8-15-12)11(13)5-2/h7-8,11H,4-6,13H2,1-3H3,(H,14,15)/t11-/m0/s1. The Balaban J connectivity index is 2.78. The van der Waals surface area contributed by atoms with Crippen LogP contribution in [0.3, 0.4) is 0 Å². The van der Waals surface area contributed by atoms with Gasteiger partial charge in [0.25, 0.3) is 0 Å². The van der Waals surface area contributed by atoms with E-state index in [-0.39, 0.29) is 6.04 Å². The van der Waals surface area contributed by atoms with Crippen molar-refractivity contribution in [2.75, 3.05) is 11.9 Å². The largest absolute Gasteiger partial charge is 0.370 e. The highest BCUT2D eigenvalue weighted by Gasteiger charge is 2.06. The SMILES string of the molecule is CCCNc1ncc([C@@H](N)CC)cc1C. The number of hydrogen-bond acceptors (Lipinski definition) is 3. The highest BCUT2D eigenvalue weighted by atomic mass is 15.0. The van der Waals surface area contributed by atoms with Gasteiger partial charge in [0, 0.05) is 18.8 Å². The fourth-order valence-corrected chi connectivity index (χ4v) is 1.46. The molecule has 0 radical (unpaired) electrons. The van der Waals surface area contributed by atoms with E-state index in [4.69, 9.17) is 5.73 Å². The van der Waals surface area contributed by atoms with Crippen molar-refractivity contribution in [3.63, 3.8) is 0 Å². The number of nitrogens with one attached hydrogen (secondary N) is 1. The lowest BCUT2D eigenvalue weighted by Gasteiger charge is -2.12. The lowest BCUT2D eigenvalue weighted by atomic mass is 10.1. The van der Waals surface area contributed by atoms with Gasteiger partial charge in [-0.25, -0.2) is 4.98 Å². The number of hydrogen-bond donors (Lipinski definition) is 2. The van der Waals surface area contributed by atoms with Crippen LogP contribution >= 0.6 is 0 Å². The predicted octanol–water partition coefficient (Wildman–Crippen LogP) is 2.62. The second-order valence-corrected chi connectivity index (χ2v) is 3.88. The average Bonchev–Trinajstić information content (AvgIpc) is 2.26. The summed E-state index contributed by atoms with van der Waals surface area (Å²) in [5.74, 6) is 0.976. The van der Waals surface area contributed by atoms with Crippen LogP contribution in [0.25, 0.3) is 0 Å². The number of rotatable bonds is 5. The lowest BCUT2D eigenvalue weighted by molar-refractivity contribution is 0.694. The van der Waals surface area contributed by atoms with Gasteiger partial charge in [-0.05, 0) is 37.0 Å². The van der Waals surface area contributed by atoms with Crippen LogP contribution in [0.2, 0.25) is 0 Å². The van der Waals surface area contributed by atoms with Crippen LogP contribution in [0.5, 0.6) is 0 Å². The van der Waals surface area contributed by atoms with Crippen molar-refractivity contribution in [2.45, 2.75) is 39.7 Å². The fraction of sp³-hybridized carbons (Fsp3) is 0.583. The Kier molecular flexibility index (Phi) is 4.56. The Hall–Kier alpha value is -1.09. The fourth-order valence-electron chi connectivity index (χ4n) is 1.46. The molecule has 15 heavy (non-hydrogen) atoms. The molecular weight excluding hydrogens is 186 g/mol. The van der Waals surface area contributed by atoms with Crippen molar-refractivity contribution in [3.05, 3.63) is 23.4 Å². The van der Waals surface area contributed by atoms with E-state index in [1.165, 1.54) is 5.56 Å². The summed E-state index contributed by atoms with van der Waals surface area (Å²) >= 11 is 0. The molecule has 1 aromatic rings. The van der Waals surface area contributed by atoms with Gasteiger partial charge in [0.1, 0.15) is 5.82 Å². The summed E-state index contributed by atoms with van der Waals surface area (Å²) < 4.78 is 0. The maximum absolute atomic E-state index is 5.95. The van der Waals surface area contributed by atoms with E-state index in [2.05, 4.69) is 37.1 Å². The highest BCUT2D eigenvalue weighted by molar-refractivity contribution is 5.44. The molecule has 0 unspecified atom stereocenters. The summed E-state index contributed by atoms with van der Waals surface area (Å²) in [6, 6.07) is 2.23. The molecule has 84 valence electrons. The third-order valence-electron chi connectivity index (χ3n) is 2.51. The maximum atomic E-state index is 5.95. The first-order valence-electron chi connectivity index (χ1n) is 5.65. The van der Waals surface area contributed by atoms with E-state index in [1.807, 2.05) is 6.20 Å². The summed E-state index contributed by atoms with van der Waals surface area (Å²) in [6.45, 7) is 7.26. The highest BCUT2D eigenvalue weighted by Crippen LogP contribution is 2.18. The number of nitrogens with two attached hydrogens (primary N) is 1. The molecule has 0 bridgehead atoms. The molecule has 0 amide bonds. The second-order valence-electron chi connectivity index (χ2n) is 3.88. The van der Waals surface area contributed by atoms with E-state index in [0.29, 0.717) is 0 Å². The van der Waals surface area contributed by atoms with Gasteiger partial charge in [0.15, 0.2) is 0 Å². The molecule has 0 saturated carbocycles. The summed E-state index contributed by atoms with van der Waals surface area (Å²) in [6.07, 6.45) is 3.93. The quantitative estimate of drug-likeness (QED) is 0.780. The van der Waals surface area contributed by atoms with Crippen molar-refractivity contribution < 1.29 is 0 Å². The van der Waals surface area contributed by atoms with Gasteiger partial charge in [-0.3, -0.25) is 0 Å². The van der Waals surface area contributed by atoms with Gasteiger partial charge in [0.2, 0.25) is 0 Å². The normalized spacial score (nSPS) is 12.5. The minimum absolute atomic E-state index is 0.108. The van der Waals surface area contributed by atoms with Crippen molar-refractivity contribution in [1.82, 2.24) is 4.98 Å². The Labute approximate surface area is 92.1 Å². The molecular formula is C12H21N3. The minimum atomic E-state index is 0.108. The zero-order valence-corrected chi connectivity index (χ0v) is 9.88. The molecule has 0 spiro atoms. The minimum Gasteiger partial charge on any atom is -0.370 e. The summed E-state index contributed by atoms with van der Waals surface area (Å²) in [5.41, 5.74) is 8.25. The van der Waals surface area contributed by atoms with Crippen molar-refractivity contribution in [1.29, 1.82) is 0 Å². The Morgan fingerprint density at radius 3 is 2.73 bits per heavy atom. The van der Waals surface area contributed by atoms with E-state index in [9.17, 15) is 0 Å². The van der Waals surface area contributed by atoms with Gasteiger partial charge in [-0.2, -0.15) is 0 Å². The number of nitrogens with zero attached hydrogens (tertiary/aromatic N) is 1. The number of aryl methyl sites for hydroxylation is 1. The molecule has 3 heteroatoms. The number of aromatic nitrogens is 1. The van der Waals surface area contributed by atoms with Crippen LogP contribution in [0.15, 0.2) is 12.3 Å². The van der Waals surface area contributed by atoms with Crippen LogP contribution in [-0.2, 0) is 0 Å². The van der Waals surface area contributed by atoms with Crippen LogP contribution in [0.1, 0.15) is 43.9 Å². The molecule has 3 N–H and O–H groups in total. The molecule has 0 aromatic carbocycles. The average molecular weight is 207 g/mol. The summed E-state index contributed by atoms with van der Waals surface area (Å²) in [7, 11) is 0. The Morgan fingerprint density at radius 2 is 2.20 bits per heavy atom. The topological polar surface area (TPSA) is 50.9 Å². The van der Waals surface area contributed by atoms with Gasteiger partial charge in [0.05, 0.1) is 0 Å². The molecule has 1 rings (SSSR count). The van der Waals surface area contributed by atoms with Crippen molar-refractivity contribution >= 4 is 5.82 Å². The Morgan fingerprint density at radius 1 is 1.47 bits per heavy atom. The predicted molar refractivity (Wildman–Crippen MR) is 65.0 cm³/mol. The first kappa shape index (κ1) is 12.0. The van der Waals surface area contributed by atoms with E-state index in [0.717, 1.165) is 30.8 Å². The summed E-state index contributed by atoms with van der Waals surface area (Å²) in [4.78, 5) is 4.39. The smallest absolute Gasteiger partial charge is 0.128 e. The van der Waals surface area contributed by atoms with Crippen molar-refractivity contribution in [3.8, 4) is 0 Å². The lowest BCUT2D eigenvalue weighted by Crippen LogP contribution is -2.11. The van der Waals surface area contributed by atoms with Gasteiger partial charge in [-0.15, -0.1) is 0 Å². The monoisotopic (exact) mass is 207 g/mol. The zero-order chi connectivity index (χ0) is 11.3. The molecule has 0 aliphatic heterocycles. The zero-order valence-electron chi connectivity index (χ0n) is 9.88. The maximum Gasteiger partial charge on any atom is 0.128 e.